The number of para-hydroxylation sites is 2. The van der Waals surface area contributed by atoms with Crippen molar-refractivity contribution in [3.63, 3.8) is 0 Å². The molecular formula is C22H18N4. The van der Waals surface area contributed by atoms with Crippen molar-refractivity contribution in [1.29, 1.82) is 0 Å². The molecule has 5 rings (SSSR count). The highest BCUT2D eigenvalue weighted by atomic mass is 15.0. The number of hydrogen-bond donors (Lipinski definition) is 2. The highest BCUT2D eigenvalue weighted by molar-refractivity contribution is 6.07. The smallest absolute Gasteiger partial charge is 0.106 e. The molecule has 0 bridgehead atoms. The fourth-order valence-electron chi connectivity index (χ4n) is 3.55. The van der Waals surface area contributed by atoms with Crippen molar-refractivity contribution in [3.05, 3.63) is 84.2 Å². The van der Waals surface area contributed by atoms with Crippen molar-refractivity contribution in [1.82, 2.24) is 9.97 Å². The Balaban J connectivity index is 1.63. The van der Waals surface area contributed by atoms with Gasteiger partial charge < -0.3 is 10.3 Å². The Labute approximate surface area is 151 Å². The molecule has 0 saturated carbocycles. The molecule has 0 aliphatic carbocycles. The molecule has 2 N–H and O–H groups in total. The molecule has 26 heavy (non-hydrogen) atoms. The van der Waals surface area contributed by atoms with Gasteiger partial charge in [0.1, 0.15) is 5.84 Å². The number of pyridine rings is 1. The Bertz CT molecular complexity index is 1110. The number of nitrogens with zero attached hydrogens (tertiary/aromatic N) is 2. The lowest BCUT2D eigenvalue weighted by molar-refractivity contribution is 0.982. The molecule has 126 valence electrons. The van der Waals surface area contributed by atoms with Crippen molar-refractivity contribution in [2.75, 3.05) is 5.32 Å². The lowest BCUT2D eigenvalue weighted by Crippen LogP contribution is -2.14. The van der Waals surface area contributed by atoms with Crippen LogP contribution in [0.5, 0.6) is 0 Å². The van der Waals surface area contributed by atoms with Gasteiger partial charge in [-0.2, -0.15) is 0 Å². The van der Waals surface area contributed by atoms with Crippen LogP contribution in [-0.4, -0.2) is 15.8 Å². The molecule has 0 atom stereocenters. The van der Waals surface area contributed by atoms with Crippen molar-refractivity contribution < 1.29 is 0 Å². The molecule has 0 fully saturated rings. The third-order valence-electron chi connectivity index (χ3n) is 4.79. The van der Waals surface area contributed by atoms with Gasteiger partial charge in [0, 0.05) is 34.8 Å². The molecule has 3 heterocycles. The number of H-pyrrole nitrogens is 1. The molecular weight excluding hydrogens is 320 g/mol. The summed E-state index contributed by atoms with van der Waals surface area (Å²) in [5.74, 6) is 0.964. The van der Waals surface area contributed by atoms with Crippen LogP contribution in [0.3, 0.4) is 0 Å². The summed E-state index contributed by atoms with van der Waals surface area (Å²) in [5.41, 5.74) is 6.87. The normalized spacial score (nSPS) is 14.5. The number of aromatic amines is 1. The minimum Gasteiger partial charge on any atom is -0.354 e. The van der Waals surface area contributed by atoms with Gasteiger partial charge in [0.15, 0.2) is 0 Å². The first-order chi connectivity index (χ1) is 12.9. The third-order valence-corrected chi connectivity index (χ3v) is 4.79. The van der Waals surface area contributed by atoms with E-state index in [0.29, 0.717) is 6.54 Å². The average molecular weight is 338 g/mol. The third kappa shape index (κ3) is 2.56. The second-order valence-electron chi connectivity index (χ2n) is 6.46. The standard InChI is InChI=1S/C22H18N4/c1-3-10-19-16(8-1)18-13-21(24-14-15-7-5-6-12-23-15)25-20-11-4-2-9-17(20)22(18)26-19/h1-12,26H,13-14H2,(H,24,25). The largest absolute Gasteiger partial charge is 0.354 e. The van der Waals surface area contributed by atoms with E-state index < -0.39 is 0 Å². The number of hydrogen-bond acceptors (Lipinski definition) is 2. The molecule has 0 amide bonds. The van der Waals surface area contributed by atoms with E-state index in [0.717, 1.165) is 23.6 Å². The van der Waals surface area contributed by atoms with Gasteiger partial charge in [-0.05, 0) is 29.8 Å². The second kappa shape index (κ2) is 6.15. The number of fused-ring (bicyclic) bond motifs is 5. The van der Waals surface area contributed by atoms with Gasteiger partial charge in [-0.3, -0.25) is 9.98 Å². The van der Waals surface area contributed by atoms with Crippen LogP contribution in [0.25, 0.3) is 22.2 Å². The summed E-state index contributed by atoms with van der Waals surface area (Å²) in [6, 6.07) is 22.8. The van der Waals surface area contributed by atoms with Gasteiger partial charge in [0.05, 0.1) is 17.9 Å². The summed E-state index contributed by atoms with van der Waals surface area (Å²) < 4.78 is 0. The maximum atomic E-state index is 4.83. The van der Waals surface area contributed by atoms with Gasteiger partial charge >= 0.3 is 0 Å². The Kier molecular flexibility index (Phi) is 3.53. The lowest BCUT2D eigenvalue weighted by atomic mass is 10.0. The zero-order valence-electron chi connectivity index (χ0n) is 14.2. The van der Waals surface area contributed by atoms with Gasteiger partial charge in [-0.15, -0.1) is 0 Å². The average Bonchev–Trinajstić information content (AvgIpc) is 2.97. The number of aromatic nitrogens is 2. The Morgan fingerprint density at radius 3 is 2.69 bits per heavy atom. The van der Waals surface area contributed by atoms with E-state index in [1.165, 1.54) is 27.7 Å². The molecule has 4 nitrogen and oxygen atoms in total. The Morgan fingerprint density at radius 2 is 1.77 bits per heavy atom. The van der Waals surface area contributed by atoms with Gasteiger partial charge in [0.2, 0.25) is 0 Å². The Morgan fingerprint density at radius 1 is 0.923 bits per heavy atom. The molecule has 4 aromatic rings. The van der Waals surface area contributed by atoms with Crippen molar-refractivity contribution in [2.24, 2.45) is 4.99 Å². The summed E-state index contributed by atoms with van der Waals surface area (Å²) in [4.78, 5) is 12.8. The van der Waals surface area contributed by atoms with E-state index in [1.807, 2.05) is 24.4 Å². The molecule has 2 aromatic carbocycles. The van der Waals surface area contributed by atoms with Gasteiger partial charge in [-0.25, -0.2) is 0 Å². The molecule has 0 unspecified atom stereocenters. The first-order valence-electron chi connectivity index (χ1n) is 8.78. The van der Waals surface area contributed by atoms with Gasteiger partial charge in [-0.1, -0.05) is 42.5 Å². The maximum absolute atomic E-state index is 4.83. The van der Waals surface area contributed by atoms with Crippen molar-refractivity contribution in [3.8, 4) is 11.3 Å². The van der Waals surface area contributed by atoms with Crippen LogP contribution in [0.1, 0.15) is 11.3 Å². The van der Waals surface area contributed by atoms with Crippen LogP contribution in [0.2, 0.25) is 0 Å². The summed E-state index contributed by atoms with van der Waals surface area (Å²) in [5, 5.41) is 4.79. The summed E-state index contributed by atoms with van der Waals surface area (Å²) in [6.07, 6.45) is 2.57. The fourth-order valence-corrected chi connectivity index (χ4v) is 3.55. The van der Waals surface area contributed by atoms with Crippen molar-refractivity contribution >= 4 is 22.4 Å². The fraction of sp³-hybridized carbons (Fsp3) is 0.0909. The SMILES string of the molecule is c1ccc(CN=C2Cc3c([nH]c4ccccc34)-c3ccccc3N2)nc1. The van der Waals surface area contributed by atoms with Crippen LogP contribution < -0.4 is 5.32 Å². The highest BCUT2D eigenvalue weighted by Crippen LogP contribution is 2.37. The molecule has 0 saturated heterocycles. The zero-order chi connectivity index (χ0) is 17.3. The van der Waals surface area contributed by atoms with Crippen LogP contribution in [0.4, 0.5) is 5.69 Å². The van der Waals surface area contributed by atoms with Gasteiger partial charge in [0.25, 0.3) is 0 Å². The quantitative estimate of drug-likeness (QED) is 0.552. The zero-order valence-corrected chi connectivity index (χ0v) is 14.2. The molecule has 4 heteroatoms. The number of amidine groups is 1. The number of aliphatic imine (C=N–C) groups is 1. The van der Waals surface area contributed by atoms with Crippen LogP contribution in [0.15, 0.2) is 77.9 Å². The second-order valence-corrected chi connectivity index (χ2v) is 6.46. The topological polar surface area (TPSA) is 53.1 Å². The molecule has 1 aliphatic heterocycles. The van der Waals surface area contributed by atoms with Crippen molar-refractivity contribution in [2.45, 2.75) is 13.0 Å². The van der Waals surface area contributed by atoms with E-state index in [1.54, 1.807) is 0 Å². The predicted molar refractivity (Wildman–Crippen MR) is 106 cm³/mol. The minimum absolute atomic E-state index is 0.572. The van der Waals surface area contributed by atoms with E-state index >= 15 is 0 Å². The number of anilines is 1. The predicted octanol–water partition coefficient (Wildman–Crippen LogP) is 4.80. The maximum Gasteiger partial charge on any atom is 0.106 e. The molecule has 1 aliphatic rings. The van der Waals surface area contributed by atoms with E-state index in [9.17, 15) is 0 Å². The van der Waals surface area contributed by atoms with E-state index in [4.69, 9.17) is 4.99 Å². The first kappa shape index (κ1) is 14.9. The van der Waals surface area contributed by atoms with Crippen LogP contribution >= 0.6 is 0 Å². The number of rotatable bonds is 2. The monoisotopic (exact) mass is 338 g/mol. The molecule has 0 radical (unpaired) electrons. The van der Waals surface area contributed by atoms with Crippen LogP contribution in [-0.2, 0) is 13.0 Å². The summed E-state index contributed by atoms with van der Waals surface area (Å²) in [7, 11) is 0. The first-order valence-corrected chi connectivity index (χ1v) is 8.78. The minimum atomic E-state index is 0.572. The van der Waals surface area contributed by atoms with E-state index in [-0.39, 0.29) is 0 Å². The number of benzene rings is 2. The molecule has 0 spiro atoms. The Hall–Kier alpha value is -3.40. The lowest BCUT2D eigenvalue weighted by Gasteiger charge is -2.09. The van der Waals surface area contributed by atoms with Crippen LogP contribution in [0, 0.1) is 0 Å². The molecule has 2 aromatic heterocycles. The summed E-state index contributed by atoms with van der Waals surface area (Å²) >= 11 is 0. The van der Waals surface area contributed by atoms with E-state index in [2.05, 4.69) is 63.8 Å². The number of nitrogens with one attached hydrogen (secondary N) is 2. The summed E-state index contributed by atoms with van der Waals surface area (Å²) in [6.45, 7) is 0.572. The highest BCUT2D eigenvalue weighted by Gasteiger charge is 2.21.